The van der Waals surface area contributed by atoms with Gasteiger partial charge in [0, 0.05) is 19.3 Å². The molecule has 1 saturated heterocycles. The molecule has 0 aliphatic carbocycles. The summed E-state index contributed by atoms with van der Waals surface area (Å²) in [6.45, 7) is 3.24. The predicted octanol–water partition coefficient (Wildman–Crippen LogP) is 1.17. The summed E-state index contributed by atoms with van der Waals surface area (Å²) in [5, 5.41) is -0.567. The summed E-state index contributed by atoms with van der Waals surface area (Å²) >= 11 is 0. The van der Waals surface area contributed by atoms with Gasteiger partial charge in [-0.15, -0.1) is 0 Å². The number of pyridine rings is 1. The van der Waals surface area contributed by atoms with Crippen LogP contribution in [0.15, 0.2) is 23.4 Å². The summed E-state index contributed by atoms with van der Waals surface area (Å²) in [4.78, 5) is 18.5. The highest BCUT2D eigenvalue weighted by molar-refractivity contribution is 7.86. The van der Waals surface area contributed by atoms with E-state index in [1.165, 1.54) is 12.6 Å². The van der Waals surface area contributed by atoms with E-state index in [2.05, 4.69) is 4.98 Å². The van der Waals surface area contributed by atoms with Crippen LogP contribution in [0.5, 0.6) is 0 Å². The van der Waals surface area contributed by atoms with Crippen LogP contribution in [0.3, 0.4) is 0 Å². The van der Waals surface area contributed by atoms with Gasteiger partial charge in [0.1, 0.15) is 5.25 Å². The minimum atomic E-state index is -1.43. The van der Waals surface area contributed by atoms with Gasteiger partial charge in [-0.1, -0.05) is 0 Å². The first-order valence-corrected chi connectivity index (χ1v) is 7.71. The van der Waals surface area contributed by atoms with E-state index >= 15 is 0 Å². The number of aromatic nitrogens is 1. The Morgan fingerprint density at radius 1 is 1.42 bits per heavy atom. The molecule has 6 heteroatoms. The maximum absolute atomic E-state index is 12.4. The third-order valence-electron chi connectivity index (χ3n) is 3.36. The average molecular weight is 281 g/mol. The lowest BCUT2D eigenvalue weighted by atomic mass is 10.1. The molecule has 104 valence electrons. The molecule has 1 aromatic heterocycles. The molecule has 2 rings (SSSR count). The minimum Gasteiger partial charge on any atom is -0.396 e. The Labute approximate surface area is 115 Å². The van der Waals surface area contributed by atoms with Gasteiger partial charge in [0.2, 0.25) is 5.91 Å². The first kappa shape index (κ1) is 14.0. The van der Waals surface area contributed by atoms with Crippen LogP contribution in [-0.2, 0) is 15.6 Å². The van der Waals surface area contributed by atoms with Crippen LogP contribution in [0.2, 0.25) is 0 Å². The Kier molecular flexibility index (Phi) is 4.52. The van der Waals surface area contributed by atoms with Crippen molar-refractivity contribution in [1.82, 2.24) is 9.88 Å². The highest BCUT2D eigenvalue weighted by atomic mass is 32.2. The van der Waals surface area contributed by atoms with Crippen molar-refractivity contribution >= 4 is 22.4 Å². The maximum Gasteiger partial charge on any atom is 0.238 e. The van der Waals surface area contributed by atoms with E-state index in [0.717, 1.165) is 25.9 Å². The van der Waals surface area contributed by atoms with Crippen molar-refractivity contribution in [2.24, 2.45) is 0 Å². The molecule has 1 aromatic rings. The van der Waals surface area contributed by atoms with E-state index in [1.807, 2.05) is 4.90 Å². The third-order valence-corrected chi connectivity index (χ3v) is 5.01. The van der Waals surface area contributed by atoms with Crippen LogP contribution in [0.1, 0.15) is 26.2 Å². The molecule has 2 heterocycles. The number of anilines is 1. The van der Waals surface area contributed by atoms with Crippen molar-refractivity contribution in [3.05, 3.63) is 18.5 Å². The number of nitrogens with two attached hydrogens (primary N) is 1. The molecular formula is C13H19N3O2S. The van der Waals surface area contributed by atoms with E-state index in [1.54, 1.807) is 19.2 Å². The second-order valence-electron chi connectivity index (χ2n) is 4.74. The molecule has 2 N–H and O–H groups in total. The van der Waals surface area contributed by atoms with Crippen LogP contribution < -0.4 is 5.73 Å². The SMILES string of the molecule is CC(C(=O)N1CCCCC1)S(=O)c1ccncc1N. The maximum atomic E-state index is 12.4. The van der Waals surface area contributed by atoms with Gasteiger partial charge >= 0.3 is 0 Å². The lowest BCUT2D eigenvalue weighted by molar-refractivity contribution is -0.131. The smallest absolute Gasteiger partial charge is 0.238 e. The highest BCUT2D eigenvalue weighted by Gasteiger charge is 2.28. The van der Waals surface area contributed by atoms with Gasteiger partial charge in [0.15, 0.2) is 0 Å². The monoisotopic (exact) mass is 281 g/mol. The van der Waals surface area contributed by atoms with E-state index in [0.29, 0.717) is 10.6 Å². The van der Waals surface area contributed by atoms with Crippen molar-refractivity contribution in [3.63, 3.8) is 0 Å². The van der Waals surface area contributed by atoms with Crippen LogP contribution in [0.4, 0.5) is 5.69 Å². The number of likely N-dealkylation sites (tertiary alicyclic amines) is 1. The zero-order valence-electron chi connectivity index (χ0n) is 11.0. The Bertz CT molecular complexity index is 487. The molecular weight excluding hydrogens is 262 g/mol. The summed E-state index contributed by atoms with van der Waals surface area (Å²) < 4.78 is 12.4. The quantitative estimate of drug-likeness (QED) is 0.902. The molecule has 2 atom stereocenters. The zero-order chi connectivity index (χ0) is 13.8. The molecule has 0 spiro atoms. The molecule has 0 aromatic carbocycles. The Morgan fingerprint density at radius 3 is 2.74 bits per heavy atom. The van der Waals surface area contributed by atoms with Gasteiger partial charge in [0.05, 0.1) is 27.6 Å². The number of carbonyl (C=O) groups excluding carboxylic acids is 1. The van der Waals surface area contributed by atoms with E-state index < -0.39 is 16.0 Å². The minimum absolute atomic E-state index is 0.0470. The second kappa shape index (κ2) is 6.14. The van der Waals surface area contributed by atoms with Gasteiger partial charge in [-0.25, -0.2) is 0 Å². The number of carbonyl (C=O) groups is 1. The van der Waals surface area contributed by atoms with Crippen LogP contribution in [0, 0.1) is 0 Å². The van der Waals surface area contributed by atoms with E-state index in [9.17, 15) is 9.00 Å². The largest absolute Gasteiger partial charge is 0.396 e. The lowest BCUT2D eigenvalue weighted by Crippen LogP contribution is -2.42. The van der Waals surface area contributed by atoms with Crippen LogP contribution in [0.25, 0.3) is 0 Å². The molecule has 1 aliphatic rings. The zero-order valence-corrected chi connectivity index (χ0v) is 11.9. The lowest BCUT2D eigenvalue weighted by Gasteiger charge is -2.29. The first-order chi connectivity index (χ1) is 9.11. The normalized spacial score (nSPS) is 18.9. The molecule has 0 radical (unpaired) electrons. The number of hydrogen-bond donors (Lipinski definition) is 1. The summed E-state index contributed by atoms with van der Waals surface area (Å²) in [5.41, 5.74) is 6.13. The molecule has 1 fully saturated rings. The van der Waals surface area contributed by atoms with Crippen molar-refractivity contribution in [3.8, 4) is 0 Å². The van der Waals surface area contributed by atoms with Crippen LogP contribution >= 0.6 is 0 Å². The Morgan fingerprint density at radius 2 is 2.11 bits per heavy atom. The Hall–Kier alpha value is -1.43. The average Bonchev–Trinajstić information content (AvgIpc) is 2.46. The van der Waals surface area contributed by atoms with Gasteiger partial charge < -0.3 is 10.6 Å². The molecule has 0 saturated carbocycles. The second-order valence-corrected chi connectivity index (χ2v) is 6.48. The molecule has 1 aliphatic heterocycles. The number of hydrogen-bond acceptors (Lipinski definition) is 4. The summed E-state index contributed by atoms with van der Waals surface area (Å²) in [5.74, 6) is -0.0470. The van der Waals surface area contributed by atoms with Crippen molar-refractivity contribution in [2.75, 3.05) is 18.8 Å². The van der Waals surface area contributed by atoms with Gasteiger partial charge in [-0.2, -0.15) is 0 Å². The van der Waals surface area contributed by atoms with Gasteiger partial charge in [-0.3, -0.25) is 14.0 Å². The summed E-state index contributed by atoms with van der Waals surface area (Å²) in [6, 6.07) is 1.62. The first-order valence-electron chi connectivity index (χ1n) is 6.50. The molecule has 5 nitrogen and oxygen atoms in total. The van der Waals surface area contributed by atoms with Gasteiger partial charge in [0.25, 0.3) is 0 Å². The van der Waals surface area contributed by atoms with E-state index in [4.69, 9.17) is 5.73 Å². The summed E-state index contributed by atoms with van der Waals surface area (Å²) in [7, 11) is -1.43. The number of rotatable bonds is 3. The molecule has 1 amide bonds. The van der Waals surface area contributed by atoms with Crippen molar-refractivity contribution < 1.29 is 9.00 Å². The molecule has 2 unspecified atom stereocenters. The van der Waals surface area contributed by atoms with Crippen molar-refractivity contribution in [2.45, 2.75) is 36.3 Å². The number of amides is 1. The fraction of sp³-hybridized carbons (Fsp3) is 0.538. The molecule has 0 bridgehead atoms. The van der Waals surface area contributed by atoms with E-state index in [-0.39, 0.29) is 5.91 Å². The topological polar surface area (TPSA) is 76.3 Å². The predicted molar refractivity (Wildman–Crippen MR) is 75.0 cm³/mol. The standard InChI is InChI=1S/C13H19N3O2S/c1-10(13(17)16-7-3-2-4-8-16)19(18)12-5-6-15-9-11(12)14/h5-6,9-10H,2-4,7-8,14H2,1H3. The number of piperidine rings is 1. The van der Waals surface area contributed by atoms with Crippen LogP contribution in [-0.4, -0.2) is 38.3 Å². The third kappa shape index (κ3) is 3.12. The number of nitrogen functional groups attached to an aromatic ring is 1. The fourth-order valence-corrected chi connectivity index (χ4v) is 3.42. The Balaban J connectivity index is 2.10. The summed E-state index contributed by atoms with van der Waals surface area (Å²) in [6.07, 6.45) is 6.23. The highest BCUT2D eigenvalue weighted by Crippen LogP contribution is 2.20. The fourth-order valence-electron chi connectivity index (χ4n) is 2.23. The van der Waals surface area contributed by atoms with Crippen molar-refractivity contribution in [1.29, 1.82) is 0 Å². The molecule has 19 heavy (non-hydrogen) atoms. The number of nitrogens with zero attached hydrogens (tertiary/aromatic N) is 2. The van der Waals surface area contributed by atoms with Gasteiger partial charge in [-0.05, 0) is 32.3 Å².